The predicted molar refractivity (Wildman–Crippen MR) is 59.7 cm³/mol. The molecular formula is C11H22N2O2. The van der Waals surface area contributed by atoms with E-state index in [4.69, 9.17) is 4.74 Å². The maximum absolute atomic E-state index is 11.5. The second kappa shape index (κ2) is 6.08. The molecule has 15 heavy (non-hydrogen) atoms. The monoisotopic (exact) mass is 214 g/mol. The minimum absolute atomic E-state index is 0.0659. The van der Waals surface area contributed by atoms with E-state index in [1.165, 1.54) is 0 Å². The maximum atomic E-state index is 11.5. The van der Waals surface area contributed by atoms with E-state index in [1.54, 1.807) is 11.9 Å². The summed E-state index contributed by atoms with van der Waals surface area (Å²) in [5.74, 6) is 0.0659. The molecule has 1 N–H and O–H groups in total. The number of carbonyl (C=O) groups excluding carboxylic acids is 1. The largest absolute Gasteiger partial charge is 0.367 e. The van der Waals surface area contributed by atoms with E-state index in [9.17, 15) is 4.79 Å². The molecule has 88 valence electrons. The Balaban J connectivity index is 2.17. The summed E-state index contributed by atoms with van der Waals surface area (Å²) < 4.78 is 5.56. The molecule has 0 saturated carbocycles. The van der Waals surface area contributed by atoms with Gasteiger partial charge in [0.1, 0.15) is 6.61 Å². The van der Waals surface area contributed by atoms with Crippen molar-refractivity contribution in [1.29, 1.82) is 0 Å². The molecule has 0 bridgehead atoms. The highest BCUT2D eigenvalue weighted by molar-refractivity contribution is 5.77. The Hall–Kier alpha value is -0.610. The maximum Gasteiger partial charge on any atom is 0.248 e. The summed E-state index contributed by atoms with van der Waals surface area (Å²) in [6.07, 6.45) is 2.38. The second-order valence-corrected chi connectivity index (χ2v) is 4.23. The molecule has 0 aromatic heterocycles. The summed E-state index contributed by atoms with van der Waals surface area (Å²) in [7, 11) is 1.80. The van der Waals surface area contributed by atoms with E-state index in [1.807, 2.05) is 6.92 Å². The molecular weight excluding hydrogens is 192 g/mol. The minimum Gasteiger partial charge on any atom is -0.367 e. The normalized spacial score (nSPS) is 26.3. The number of carbonyl (C=O) groups is 1. The number of hydrogen-bond acceptors (Lipinski definition) is 3. The number of piperidine rings is 1. The van der Waals surface area contributed by atoms with Gasteiger partial charge >= 0.3 is 0 Å². The van der Waals surface area contributed by atoms with E-state index >= 15 is 0 Å². The Morgan fingerprint density at radius 1 is 1.53 bits per heavy atom. The van der Waals surface area contributed by atoms with Crippen molar-refractivity contribution in [2.45, 2.75) is 38.8 Å². The van der Waals surface area contributed by atoms with Crippen LogP contribution in [0.2, 0.25) is 0 Å². The third kappa shape index (κ3) is 4.18. The molecule has 4 heteroatoms. The van der Waals surface area contributed by atoms with Crippen LogP contribution in [-0.4, -0.2) is 49.7 Å². The zero-order valence-electron chi connectivity index (χ0n) is 9.95. The van der Waals surface area contributed by atoms with Crippen LogP contribution in [0.4, 0.5) is 0 Å². The second-order valence-electron chi connectivity index (χ2n) is 4.23. The van der Waals surface area contributed by atoms with Crippen molar-refractivity contribution in [2.75, 3.05) is 26.7 Å². The molecule has 4 nitrogen and oxygen atoms in total. The number of nitrogens with one attached hydrogen (secondary N) is 1. The fourth-order valence-electron chi connectivity index (χ4n) is 1.59. The Morgan fingerprint density at radius 3 is 2.80 bits per heavy atom. The van der Waals surface area contributed by atoms with Crippen molar-refractivity contribution in [1.82, 2.24) is 10.2 Å². The highest BCUT2D eigenvalue weighted by atomic mass is 16.5. The van der Waals surface area contributed by atoms with Crippen molar-refractivity contribution in [3.8, 4) is 0 Å². The first-order valence-electron chi connectivity index (χ1n) is 5.72. The van der Waals surface area contributed by atoms with Crippen LogP contribution in [0.3, 0.4) is 0 Å². The topological polar surface area (TPSA) is 41.6 Å². The van der Waals surface area contributed by atoms with Crippen LogP contribution in [0.25, 0.3) is 0 Å². The zero-order chi connectivity index (χ0) is 11.3. The molecule has 1 rings (SSSR count). The van der Waals surface area contributed by atoms with Crippen molar-refractivity contribution >= 4 is 5.91 Å². The fourth-order valence-corrected chi connectivity index (χ4v) is 1.59. The SMILES string of the molecule is CCN(C)C(=O)COC1CCC(C)NC1. The Kier molecular flexibility index (Phi) is 5.05. The van der Waals surface area contributed by atoms with Crippen molar-refractivity contribution in [3.63, 3.8) is 0 Å². The van der Waals surface area contributed by atoms with Gasteiger partial charge in [0, 0.05) is 26.2 Å². The van der Waals surface area contributed by atoms with Crippen molar-refractivity contribution < 1.29 is 9.53 Å². The van der Waals surface area contributed by atoms with Crippen LogP contribution in [0.1, 0.15) is 26.7 Å². The van der Waals surface area contributed by atoms with E-state index in [0.717, 1.165) is 25.9 Å². The van der Waals surface area contributed by atoms with Crippen LogP contribution >= 0.6 is 0 Å². The lowest BCUT2D eigenvalue weighted by molar-refractivity contribution is -0.137. The van der Waals surface area contributed by atoms with Gasteiger partial charge in [0.15, 0.2) is 0 Å². The van der Waals surface area contributed by atoms with Crippen molar-refractivity contribution in [2.24, 2.45) is 0 Å². The Labute approximate surface area is 92.0 Å². The molecule has 1 amide bonds. The lowest BCUT2D eigenvalue weighted by atomic mass is 10.0. The fraction of sp³-hybridized carbons (Fsp3) is 0.909. The number of likely N-dealkylation sites (N-methyl/N-ethyl adjacent to an activating group) is 1. The molecule has 2 atom stereocenters. The third-order valence-corrected chi connectivity index (χ3v) is 2.96. The van der Waals surface area contributed by atoms with Crippen LogP contribution in [0, 0.1) is 0 Å². The average molecular weight is 214 g/mol. The molecule has 0 aliphatic carbocycles. The van der Waals surface area contributed by atoms with Gasteiger partial charge in [0.05, 0.1) is 6.10 Å². The standard InChI is InChI=1S/C11H22N2O2/c1-4-13(3)11(14)8-15-10-6-5-9(2)12-7-10/h9-10,12H,4-8H2,1-3H3. The lowest BCUT2D eigenvalue weighted by Gasteiger charge is -2.28. The van der Waals surface area contributed by atoms with Gasteiger partial charge in [0.25, 0.3) is 0 Å². The van der Waals surface area contributed by atoms with Gasteiger partial charge in [-0.2, -0.15) is 0 Å². The zero-order valence-corrected chi connectivity index (χ0v) is 9.95. The Bertz CT molecular complexity index is 201. The van der Waals surface area contributed by atoms with Crippen LogP contribution in [-0.2, 0) is 9.53 Å². The first kappa shape index (κ1) is 12.5. The molecule has 0 aromatic rings. The summed E-state index contributed by atoms with van der Waals surface area (Å²) in [6.45, 7) is 5.95. The minimum atomic E-state index is 0.0659. The van der Waals surface area contributed by atoms with Crippen LogP contribution in [0.15, 0.2) is 0 Å². The van der Waals surface area contributed by atoms with E-state index < -0.39 is 0 Å². The summed E-state index contributed by atoms with van der Waals surface area (Å²) in [5, 5.41) is 3.35. The Morgan fingerprint density at radius 2 is 2.27 bits per heavy atom. The number of amides is 1. The van der Waals surface area contributed by atoms with Gasteiger partial charge in [-0.05, 0) is 26.7 Å². The van der Waals surface area contributed by atoms with Crippen LogP contribution < -0.4 is 5.32 Å². The number of hydrogen-bond donors (Lipinski definition) is 1. The van der Waals surface area contributed by atoms with E-state index in [-0.39, 0.29) is 18.6 Å². The molecule has 1 fully saturated rings. The predicted octanol–water partition coefficient (Wildman–Crippen LogP) is 0.622. The highest BCUT2D eigenvalue weighted by Gasteiger charge is 2.19. The number of nitrogens with zero attached hydrogens (tertiary/aromatic N) is 1. The van der Waals surface area contributed by atoms with Gasteiger partial charge in [-0.3, -0.25) is 4.79 Å². The molecule has 0 aromatic carbocycles. The van der Waals surface area contributed by atoms with E-state index in [2.05, 4.69) is 12.2 Å². The summed E-state index contributed by atoms with van der Waals surface area (Å²) >= 11 is 0. The van der Waals surface area contributed by atoms with Gasteiger partial charge in [-0.25, -0.2) is 0 Å². The molecule has 2 unspecified atom stereocenters. The smallest absolute Gasteiger partial charge is 0.248 e. The third-order valence-electron chi connectivity index (χ3n) is 2.96. The summed E-state index contributed by atoms with van der Waals surface area (Å²) in [4.78, 5) is 13.1. The first-order chi connectivity index (χ1) is 7.13. The molecule has 1 saturated heterocycles. The lowest BCUT2D eigenvalue weighted by Crippen LogP contribution is -2.42. The van der Waals surface area contributed by atoms with Crippen molar-refractivity contribution in [3.05, 3.63) is 0 Å². The first-order valence-corrected chi connectivity index (χ1v) is 5.72. The highest BCUT2D eigenvalue weighted by Crippen LogP contribution is 2.10. The molecule has 0 spiro atoms. The molecule has 1 heterocycles. The van der Waals surface area contributed by atoms with Gasteiger partial charge in [-0.1, -0.05) is 0 Å². The summed E-state index contributed by atoms with van der Waals surface area (Å²) in [5.41, 5.74) is 0. The van der Waals surface area contributed by atoms with Gasteiger partial charge in [0.2, 0.25) is 5.91 Å². The van der Waals surface area contributed by atoms with E-state index in [0.29, 0.717) is 6.04 Å². The quantitative estimate of drug-likeness (QED) is 0.746. The molecule has 0 radical (unpaired) electrons. The molecule has 1 aliphatic heterocycles. The van der Waals surface area contributed by atoms with Gasteiger partial charge in [-0.15, -0.1) is 0 Å². The average Bonchev–Trinajstić information content (AvgIpc) is 2.26. The number of rotatable bonds is 4. The van der Waals surface area contributed by atoms with Crippen LogP contribution in [0.5, 0.6) is 0 Å². The number of ether oxygens (including phenoxy) is 1. The summed E-state index contributed by atoms with van der Waals surface area (Å²) in [6, 6.07) is 0.582. The molecule has 1 aliphatic rings. The van der Waals surface area contributed by atoms with Gasteiger partial charge < -0.3 is 15.0 Å².